The van der Waals surface area contributed by atoms with E-state index < -0.39 is 0 Å². The lowest BCUT2D eigenvalue weighted by atomic mass is 10.1. The zero-order valence-electron chi connectivity index (χ0n) is 11.5. The number of Topliss-reactive ketones (excluding diaryl/α,β-unsaturated/α-hetero) is 1. The molecule has 19 heavy (non-hydrogen) atoms. The number of carbonyl (C=O) groups excluding carboxylic acids is 1. The van der Waals surface area contributed by atoms with Crippen LogP contribution in [-0.2, 0) is 11.3 Å². The van der Waals surface area contributed by atoms with E-state index in [1.165, 1.54) is 12.0 Å². The molecule has 1 aromatic rings. The van der Waals surface area contributed by atoms with Gasteiger partial charge in [0.15, 0.2) is 0 Å². The molecule has 1 saturated heterocycles. The minimum atomic E-state index is 0.285. The highest BCUT2D eigenvalue weighted by molar-refractivity contribution is 9.10. The number of ketones is 1. The van der Waals surface area contributed by atoms with Crippen LogP contribution in [0.15, 0.2) is 22.7 Å². The molecule has 1 unspecified atom stereocenters. The van der Waals surface area contributed by atoms with Crippen molar-refractivity contribution in [2.75, 3.05) is 13.7 Å². The monoisotopic (exact) mass is 325 g/mol. The van der Waals surface area contributed by atoms with Gasteiger partial charge in [-0.3, -0.25) is 9.69 Å². The molecule has 1 heterocycles. The summed E-state index contributed by atoms with van der Waals surface area (Å²) in [6.45, 7) is 3.67. The van der Waals surface area contributed by atoms with E-state index in [0.29, 0.717) is 12.5 Å². The van der Waals surface area contributed by atoms with Gasteiger partial charge in [-0.1, -0.05) is 6.07 Å². The molecule has 0 amide bonds. The largest absolute Gasteiger partial charge is 0.496 e. The summed E-state index contributed by atoms with van der Waals surface area (Å²) in [6, 6.07) is 6.59. The van der Waals surface area contributed by atoms with Crippen LogP contribution in [0.4, 0.5) is 0 Å². The van der Waals surface area contributed by atoms with E-state index in [0.717, 1.165) is 29.7 Å². The second-order valence-electron chi connectivity index (χ2n) is 5.14. The third-order valence-electron chi connectivity index (χ3n) is 3.62. The molecule has 0 bridgehead atoms. The zero-order valence-corrected chi connectivity index (χ0v) is 13.1. The number of hydrogen-bond donors (Lipinski definition) is 0. The van der Waals surface area contributed by atoms with Gasteiger partial charge in [-0.25, -0.2) is 0 Å². The van der Waals surface area contributed by atoms with Gasteiger partial charge in [0.2, 0.25) is 0 Å². The van der Waals surface area contributed by atoms with Crippen LogP contribution < -0.4 is 4.74 Å². The van der Waals surface area contributed by atoms with Crippen LogP contribution in [0, 0.1) is 0 Å². The molecule has 2 rings (SSSR count). The van der Waals surface area contributed by atoms with E-state index in [4.69, 9.17) is 4.74 Å². The number of nitrogens with zero attached hydrogens (tertiary/aromatic N) is 1. The van der Waals surface area contributed by atoms with E-state index in [2.05, 4.69) is 33.0 Å². The summed E-state index contributed by atoms with van der Waals surface area (Å²) >= 11 is 3.51. The molecule has 1 aliphatic heterocycles. The summed E-state index contributed by atoms with van der Waals surface area (Å²) in [7, 11) is 1.67. The Labute approximate surface area is 123 Å². The molecule has 0 aliphatic carbocycles. The standard InChI is InChI=1S/C15H20BrNO2/c1-11(18)8-13-4-3-7-17(13)10-12-5-6-15(19-2)14(16)9-12/h5-6,9,13H,3-4,7-8,10H2,1-2H3. The molecule has 1 aliphatic rings. The zero-order chi connectivity index (χ0) is 13.8. The molecule has 1 fully saturated rings. The average Bonchev–Trinajstić information content (AvgIpc) is 2.76. The number of halogens is 1. The number of hydrogen-bond acceptors (Lipinski definition) is 3. The van der Waals surface area contributed by atoms with Gasteiger partial charge in [-0.15, -0.1) is 0 Å². The summed E-state index contributed by atoms with van der Waals surface area (Å²) in [6.07, 6.45) is 3.00. The lowest BCUT2D eigenvalue weighted by molar-refractivity contribution is -0.118. The van der Waals surface area contributed by atoms with Gasteiger partial charge in [-0.05, 0) is 59.9 Å². The van der Waals surface area contributed by atoms with Gasteiger partial charge in [0, 0.05) is 19.0 Å². The van der Waals surface area contributed by atoms with E-state index in [9.17, 15) is 4.79 Å². The number of carbonyl (C=O) groups is 1. The van der Waals surface area contributed by atoms with Crippen molar-refractivity contribution < 1.29 is 9.53 Å². The lowest BCUT2D eigenvalue weighted by Crippen LogP contribution is -2.30. The maximum absolute atomic E-state index is 11.3. The second-order valence-corrected chi connectivity index (χ2v) is 6.00. The molecular formula is C15H20BrNO2. The van der Waals surface area contributed by atoms with Crippen LogP contribution in [0.1, 0.15) is 31.7 Å². The first kappa shape index (κ1) is 14.5. The van der Waals surface area contributed by atoms with Gasteiger partial charge >= 0.3 is 0 Å². The molecule has 104 valence electrons. The SMILES string of the molecule is COc1ccc(CN2CCCC2CC(C)=O)cc1Br. The van der Waals surface area contributed by atoms with E-state index in [1.54, 1.807) is 14.0 Å². The van der Waals surface area contributed by atoms with Crippen molar-refractivity contribution >= 4 is 21.7 Å². The first-order valence-corrected chi connectivity index (χ1v) is 7.45. The van der Waals surface area contributed by atoms with Crippen molar-refractivity contribution in [3.63, 3.8) is 0 Å². The van der Waals surface area contributed by atoms with Crippen LogP contribution >= 0.6 is 15.9 Å². The molecule has 4 heteroatoms. The van der Waals surface area contributed by atoms with Gasteiger partial charge in [0.05, 0.1) is 11.6 Å². The molecule has 0 N–H and O–H groups in total. The molecule has 1 atom stereocenters. The van der Waals surface area contributed by atoms with Crippen LogP contribution in [-0.4, -0.2) is 30.4 Å². The first-order valence-electron chi connectivity index (χ1n) is 6.66. The molecule has 0 radical (unpaired) electrons. The quantitative estimate of drug-likeness (QED) is 0.831. The number of methoxy groups -OCH3 is 1. The summed E-state index contributed by atoms with van der Waals surface area (Å²) in [5, 5.41) is 0. The molecule has 0 saturated carbocycles. The van der Waals surface area contributed by atoms with E-state index >= 15 is 0 Å². The highest BCUT2D eigenvalue weighted by atomic mass is 79.9. The minimum Gasteiger partial charge on any atom is -0.496 e. The third kappa shape index (κ3) is 3.80. The fraction of sp³-hybridized carbons (Fsp3) is 0.533. The number of likely N-dealkylation sites (tertiary alicyclic amines) is 1. The van der Waals surface area contributed by atoms with Crippen molar-refractivity contribution in [1.29, 1.82) is 0 Å². The van der Waals surface area contributed by atoms with Gasteiger partial charge in [0.25, 0.3) is 0 Å². The van der Waals surface area contributed by atoms with E-state index in [-0.39, 0.29) is 5.78 Å². The van der Waals surface area contributed by atoms with Crippen LogP contribution in [0.2, 0.25) is 0 Å². The third-order valence-corrected chi connectivity index (χ3v) is 4.24. The molecule has 1 aromatic carbocycles. The Kier molecular flexibility index (Phi) is 4.99. The maximum atomic E-state index is 11.3. The Morgan fingerprint density at radius 1 is 1.53 bits per heavy atom. The van der Waals surface area contributed by atoms with Crippen LogP contribution in [0.5, 0.6) is 5.75 Å². The second kappa shape index (κ2) is 6.53. The molecule has 0 aromatic heterocycles. The number of rotatable bonds is 5. The number of ether oxygens (including phenoxy) is 1. The maximum Gasteiger partial charge on any atom is 0.133 e. The predicted molar refractivity (Wildman–Crippen MR) is 79.4 cm³/mol. The van der Waals surface area contributed by atoms with Crippen molar-refractivity contribution in [2.45, 2.75) is 38.8 Å². The Morgan fingerprint density at radius 2 is 2.32 bits per heavy atom. The first-order chi connectivity index (χ1) is 9.10. The summed E-state index contributed by atoms with van der Waals surface area (Å²) in [5.41, 5.74) is 1.25. The molecular weight excluding hydrogens is 306 g/mol. The highest BCUT2D eigenvalue weighted by Gasteiger charge is 2.25. The Balaban J connectivity index is 2.03. The summed E-state index contributed by atoms with van der Waals surface area (Å²) in [4.78, 5) is 13.7. The molecule has 3 nitrogen and oxygen atoms in total. The smallest absolute Gasteiger partial charge is 0.133 e. The summed E-state index contributed by atoms with van der Waals surface area (Å²) in [5.74, 6) is 1.14. The fourth-order valence-electron chi connectivity index (χ4n) is 2.71. The van der Waals surface area contributed by atoms with Gasteiger partial charge in [-0.2, -0.15) is 0 Å². The summed E-state index contributed by atoms with van der Waals surface area (Å²) < 4.78 is 6.22. The van der Waals surface area contributed by atoms with Crippen LogP contribution in [0.25, 0.3) is 0 Å². The van der Waals surface area contributed by atoms with Crippen molar-refractivity contribution in [3.8, 4) is 5.75 Å². The Hall–Kier alpha value is -0.870. The normalized spacial score (nSPS) is 19.6. The van der Waals surface area contributed by atoms with Gasteiger partial charge < -0.3 is 4.74 Å². The number of benzene rings is 1. The lowest BCUT2D eigenvalue weighted by Gasteiger charge is -2.23. The predicted octanol–water partition coefficient (Wildman–Crippen LogP) is 3.40. The average molecular weight is 326 g/mol. The topological polar surface area (TPSA) is 29.5 Å². The minimum absolute atomic E-state index is 0.285. The fourth-order valence-corrected chi connectivity index (χ4v) is 3.30. The Morgan fingerprint density at radius 3 is 2.95 bits per heavy atom. The van der Waals surface area contributed by atoms with Crippen molar-refractivity contribution in [1.82, 2.24) is 4.90 Å². The van der Waals surface area contributed by atoms with Crippen molar-refractivity contribution in [2.24, 2.45) is 0 Å². The van der Waals surface area contributed by atoms with E-state index in [1.807, 2.05) is 6.07 Å². The Bertz CT molecular complexity index is 461. The van der Waals surface area contributed by atoms with Gasteiger partial charge in [0.1, 0.15) is 11.5 Å². The molecule has 0 spiro atoms. The van der Waals surface area contributed by atoms with Crippen LogP contribution in [0.3, 0.4) is 0 Å². The highest BCUT2D eigenvalue weighted by Crippen LogP contribution is 2.28. The van der Waals surface area contributed by atoms with Crippen molar-refractivity contribution in [3.05, 3.63) is 28.2 Å².